The molecule has 0 fully saturated rings. The Bertz CT molecular complexity index is 624. The van der Waals surface area contributed by atoms with E-state index >= 15 is 0 Å². The molecule has 2 atom stereocenters. The third-order valence-corrected chi connectivity index (χ3v) is 4.63. The molecule has 21 heavy (non-hydrogen) atoms. The lowest BCUT2D eigenvalue weighted by atomic mass is 9.91. The minimum Gasteiger partial charge on any atom is -0.372 e. The maximum atomic E-state index is 6.39. The van der Waals surface area contributed by atoms with Gasteiger partial charge in [0.15, 0.2) is 0 Å². The van der Waals surface area contributed by atoms with E-state index in [9.17, 15) is 0 Å². The first-order chi connectivity index (χ1) is 10.2. The van der Waals surface area contributed by atoms with Crippen molar-refractivity contribution in [2.24, 2.45) is 5.73 Å². The summed E-state index contributed by atoms with van der Waals surface area (Å²) in [5.41, 5.74) is 9.77. The lowest BCUT2D eigenvalue weighted by molar-refractivity contribution is 0.0246. The minimum absolute atomic E-state index is 0.109. The molecule has 110 valence electrons. The fourth-order valence-corrected chi connectivity index (χ4v) is 3.40. The quantitative estimate of drug-likeness (QED) is 0.920. The molecule has 1 aliphatic rings. The normalized spacial score (nSPS) is 19.1. The van der Waals surface area contributed by atoms with Gasteiger partial charge in [-0.15, -0.1) is 0 Å². The third kappa shape index (κ3) is 3.09. The largest absolute Gasteiger partial charge is 0.372 e. The summed E-state index contributed by atoms with van der Waals surface area (Å²) in [6, 6.07) is 13.6. The van der Waals surface area contributed by atoms with Crippen LogP contribution in [0.4, 0.5) is 0 Å². The van der Waals surface area contributed by atoms with Crippen LogP contribution in [0.2, 0.25) is 10.0 Å². The molecule has 2 unspecified atom stereocenters. The number of rotatable bonds is 3. The van der Waals surface area contributed by atoms with Crippen molar-refractivity contribution in [2.75, 3.05) is 6.61 Å². The number of halogens is 2. The molecule has 2 nitrogen and oxygen atoms in total. The van der Waals surface area contributed by atoms with Crippen molar-refractivity contribution < 1.29 is 4.74 Å². The number of nitrogens with two attached hydrogens (primary N) is 1. The first-order valence-electron chi connectivity index (χ1n) is 7.04. The van der Waals surface area contributed by atoms with Crippen LogP contribution < -0.4 is 5.73 Å². The summed E-state index contributed by atoms with van der Waals surface area (Å²) in [6.45, 7) is 0.700. The monoisotopic (exact) mass is 321 g/mol. The van der Waals surface area contributed by atoms with Gasteiger partial charge in [-0.2, -0.15) is 0 Å². The third-order valence-electron chi connectivity index (χ3n) is 3.92. The van der Waals surface area contributed by atoms with E-state index in [0.717, 1.165) is 12.0 Å². The molecule has 3 rings (SSSR count). The lowest BCUT2D eigenvalue weighted by Gasteiger charge is -2.30. The highest BCUT2D eigenvalue weighted by Gasteiger charge is 2.27. The summed E-state index contributed by atoms with van der Waals surface area (Å²) >= 11 is 12.5. The van der Waals surface area contributed by atoms with Crippen molar-refractivity contribution in [1.82, 2.24) is 0 Å². The topological polar surface area (TPSA) is 35.2 Å². The highest BCUT2D eigenvalue weighted by molar-refractivity contribution is 6.36. The molecular weight excluding hydrogens is 305 g/mol. The molecule has 0 saturated heterocycles. The van der Waals surface area contributed by atoms with Crippen molar-refractivity contribution in [3.63, 3.8) is 0 Å². The molecule has 0 spiro atoms. The van der Waals surface area contributed by atoms with Crippen molar-refractivity contribution >= 4 is 23.2 Å². The molecule has 0 saturated carbocycles. The number of benzene rings is 2. The van der Waals surface area contributed by atoms with Crippen LogP contribution in [0.25, 0.3) is 0 Å². The van der Waals surface area contributed by atoms with Crippen LogP contribution in [-0.2, 0) is 17.6 Å². The predicted octanol–water partition coefficient (Wildman–Crippen LogP) is 4.18. The Labute approximate surface area is 134 Å². The maximum absolute atomic E-state index is 6.39. The van der Waals surface area contributed by atoms with E-state index in [1.165, 1.54) is 11.1 Å². The molecule has 2 N–H and O–H groups in total. The number of ether oxygens (including phenoxy) is 1. The van der Waals surface area contributed by atoms with Gasteiger partial charge in [0.2, 0.25) is 0 Å². The van der Waals surface area contributed by atoms with Gasteiger partial charge in [0.1, 0.15) is 0 Å². The van der Waals surface area contributed by atoms with Crippen molar-refractivity contribution in [3.8, 4) is 0 Å². The van der Waals surface area contributed by atoms with Gasteiger partial charge < -0.3 is 10.5 Å². The summed E-state index contributed by atoms with van der Waals surface area (Å²) in [7, 11) is 0. The summed E-state index contributed by atoms with van der Waals surface area (Å²) in [5, 5.41) is 1.31. The average Bonchev–Trinajstić information content (AvgIpc) is 2.50. The van der Waals surface area contributed by atoms with E-state index in [0.29, 0.717) is 23.1 Å². The zero-order valence-corrected chi connectivity index (χ0v) is 13.1. The molecule has 0 aromatic heterocycles. The summed E-state index contributed by atoms with van der Waals surface area (Å²) in [5.74, 6) is 0. The zero-order chi connectivity index (χ0) is 14.8. The van der Waals surface area contributed by atoms with Gasteiger partial charge in [0, 0.05) is 16.1 Å². The molecule has 2 aromatic rings. The minimum atomic E-state index is -0.177. The van der Waals surface area contributed by atoms with E-state index in [1.54, 1.807) is 0 Å². The smallest absolute Gasteiger partial charge is 0.0981 e. The zero-order valence-electron chi connectivity index (χ0n) is 11.6. The molecule has 0 amide bonds. The molecular formula is C17H17Cl2NO. The maximum Gasteiger partial charge on any atom is 0.0981 e. The lowest BCUT2D eigenvalue weighted by Crippen LogP contribution is -2.35. The Balaban J connectivity index is 1.85. The van der Waals surface area contributed by atoms with Gasteiger partial charge in [-0.1, -0.05) is 53.5 Å². The van der Waals surface area contributed by atoms with Gasteiger partial charge >= 0.3 is 0 Å². The molecule has 1 aliphatic heterocycles. The Hall–Kier alpha value is -1.06. The summed E-state index contributed by atoms with van der Waals surface area (Å²) in [4.78, 5) is 0. The van der Waals surface area contributed by atoms with E-state index in [1.807, 2.05) is 24.3 Å². The van der Waals surface area contributed by atoms with Crippen LogP contribution >= 0.6 is 23.2 Å². The second kappa shape index (κ2) is 6.37. The molecule has 1 heterocycles. The van der Waals surface area contributed by atoms with Crippen LogP contribution in [-0.4, -0.2) is 12.6 Å². The van der Waals surface area contributed by atoms with Crippen molar-refractivity contribution in [3.05, 3.63) is 69.2 Å². The van der Waals surface area contributed by atoms with E-state index in [2.05, 4.69) is 18.2 Å². The van der Waals surface area contributed by atoms with Crippen LogP contribution in [0.15, 0.2) is 42.5 Å². The molecule has 0 bridgehead atoms. The molecule has 4 heteroatoms. The van der Waals surface area contributed by atoms with Gasteiger partial charge in [-0.25, -0.2) is 0 Å². The molecule has 0 aliphatic carbocycles. The predicted molar refractivity (Wildman–Crippen MR) is 87.0 cm³/mol. The Morgan fingerprint density at radius 3 is 2.57 bits per heavy atom. The molecule has 0 radical (unpaired) electrons. The fourth-order valence-electron chi connectivity index (χ4n) is 2.85. The average molecular weight is 322 g/mol. The summed E-state index contributed by atoms with van der Waals surface area (Å²) in [6.07, 6.45) is 1.42. The Kier molecular flexibility index (Phi) is 4.51. The number of fused-ring (bicyclic) bond motifs is 1. The van der Waals surface area contributed by atoms with E-state index in [4.69, 9.17) is 33.7 Å². The first-order valence-corrected chi connectivity index (χ1v) is 7.80. The fraction of sp³-hybridized carbons (Fsp3) is 0.294. The van der Waals surface area contributed by atoms with Crippen molar-refractivity contribution in [1.29, 1.82) is 0 Å². The Morgan fingerprint density at radius 2 is 1.81 bits per heavy atom. The van der Waals surface area contributed by atoms with E-state index < -0.39 is 0 Å². The standard InChI is InChI=1S/C17H17Cl2NO/c18-14-6-3-7-15(19)13(14)10-16(20)17-12-5-2-1-4-11(12)8-9-21-17/h1-7,16-17H,8-10,20H2. The van der Waals surface area contributed by atoms with Crippen LogP contribution in [0, 0.1) is 0 Å². The van der Waals surface area contributed by atoms with Crippen LogP contribution in [0.1, 0.15) is 22.8 Å². The number of hydrogen-bond donors (Lipinski definition) is 1. The Morgan fingerprint density at radius 1 is 1.10 bits per heavy atom. The summed E-state index contributed by atoms with van der Waals surface area (Å²) < 4.78 is 5.91. The SMILES string of the molecule is NC(Cc1c(Cl)cccc1Cl)C1OCCc2ccccc21. The van der Waals surface area contributed by atoms with Crippen molar-refractivity contribution in [2.45, 2.75) is 25.0 Å². The second-order valence-corrected chi connectivity index (χ2v) is 6.12. The highest BCUT2D eigenvalue weighted by Crippen LogP contribution is 2.32. The van der Waals surface area contributed by atoms with Gasteiger partial charge in [-0.3, -0.25) is 0 Å². The van der Waals surface area contributed by atoms with Gasteiger partial charge in [-0.05, 0) is 41.7 Å². The van der Waals surface area contributed by atoms with E-state index in [-0.39, 0.29) is 12.1 Å². The highest BCUT2D eigenvalue weighted by atomic mass is 35.5. The van der Waals surface area contributed by atoms with Crippen LogP contribution in [0.3, 0.4) is 0 Å². The number of hydrogen-bond acceptors (Lipinski definition) is 2. The molecule has 2 aromatic carbocycles. The second-order valence-electron chi connectivity index (χ2n) is 5.31. The van der Waals surface area contributed by atoms with Crippen LogP contribution in [0.5, 0.6) is 0 Å². The first kappa shape index (κ1) is 14.9. The van der Waals surface area contributed by atoms with Gasteiger partial charge in [0.05, 0.1) is 12.7 Å². The van der Waals surface area contributed by atoms with Gasteiger partial charge in [0.25, 0.3) is 0 Å².